The number of halogens is 3. The molecule has 0 aromatic carbocycles. The molecule has 0 aliphatic rings. The number of unbranched alkanes of at least 4 members (excludes halogenated alkanes) is 2. The Morgan fingerprint density at radius 1 is 1.23 bits per heavy atom. The van der Waals surface area contributed by atoms with Crippen LogP contribution in [-0.4, -0.2) is 13.2 Å². The fourth-order valence-electron chi connectivity index (χ4n) is 1.25. The molecule has 0 N–H and O–H groups in total. The third-order valence-corrected chi connectivity index (χ3v) is 4.64. The summed E-state index contributed by atoms with van der Waals surface area (Å²) < 4.78 is 2.15. The molecule has 80 valence electrons. The van der Waals surface area contributed by atoms with Crippen molar-refractivity contribution in [2.75, 3.05) is 4.43 Å². The summed E-state index contributed by atoms with van der Waals surface area (Å²) in [6, 6.07) is 0. The molecule has 0 bridgehead atoms. The van der Waals surface area contributed by atoms with Crippen LogP contribution in [0, 0.1) is 0 Å². The molecule has 0 aliphatic carbocycles. The van der Waals surface area contributed by atoms with Gasteiger partial charge in [-0.05, 0) is 19.3 Å². The zero-order valence-electron chi connectivity index (χ0n) is 8.24. The van der Waals surface area contributed by atoms with E-state index in [2.05, 4.69) is 68.0 Å². The van der Waals surface area contributed by atoms with Crippen LogP contribution in [-0.2, 0) is 0 Å². The molecule has 2 unspecified atom stereocenters. The lowest BCUT2D eigenvalue weighted by atomic mass is 10.1. The van der Waals surface area contributed by atoms with Crippen molar-refractivity contribution < 1.29 is 0 Å². The van der Waals surface area contributed by atoms with Gasteiger partial charge in [0.2, 0.25) is 0 Å². The molecule has 2 atom stereocenters. The summed E-state index contributed by atoms with van der Waals surface area (Å²) in [5.74, 6) is 0. The topological polar surface area (TPSA) is 0 Å². The van der Waals surface area contributed by atoms with Crippen molar-refractivity contribution in [3.8, 4) is 0 Å². The van der Waals surface area contributed by atoms with E-state index < -0.39 is 0 Å². The molecular formula is C10H19BrI2. The number of alkyl halides is 3. The number of rotatable bonds is 8. The molecule has 0 spiro atoms. The van der Waals surface area contributed by atoms with Crippen LogP contribution in [0.15, 0.2) is 0 Å². The summed E-state index contributed by atoms with van der Waals surface area (Å²) in [6.45, 7) is 2.26. The van der Waals surface area contributed by atoms with Crippen molar-refractivity contribution in [3.63, 3.8) is 0 Å². The summed E-state index contributed by atoms with van der Waals surface area (Å²) in [4.78, 5) is 0.754. The van der Waals surface area contributed by atoms with Gasteiger partial charge in [0.25, 0.3) is 0 Å². The van der Waals surface area contributed by atoms with E-state index in [-0.39, 0.29) is 0 Å². The monoisotopic (exact) mass is 472 g/mol. The second-order valence-electron chi connectivity index (χ2n) is 3.40. The summed E-state index contributed by atoms with van der Waals surface area (Å²) in [5.41, 5.74) is 0. The van der Waals surface area contributed by atoms with Crippen LogP contribution in [0.1, 0.15) is 45.4 Å². The Morgan fingerprint density at radius 3 is 2.46 bits per heavy atom. The van der Waals surface area contributed by atoms with E-state index in [1.165, 1.54) is 43.0 Å². The van der Waals surface area contributed by atoms with Crippen molar-refractivity contribution in [1.82, 2.24) is 0 Å². The predicted molar refractivity (Wildman–Crippen MR) is 82.8 cm³/mol. The summed E-state index contributed by atoms with van der Waals surface area (Å²) in [7, 11) is 0. The second kappa shape index (κ2) is 10.5. The molecule has 0 nitrogen and oxygen atoms in total. The van der Waals surface area contributed by atoms with Crippen LogP contribution in [0.3, 0.4) is 0 Å². The van der Waals surface area contributed by atoms with Crippen molar-refractivity contribution in [2.24, 2.45) is 0 Å². The lowest BCUT2D eigenvalue weighted by Crippen LogP contribution is -2.08. The molecule has 3 heteroatoms. The molecule has 0 aromatic rings. The third kappa shape index (κ3) is 10.2. The minimum Gasteiger partial charge on any atom is -0.0890 e. The van der Waals surface area contributed by atoms with Gasteiger partial charge in [-0.3, -0.25) is 0 Å². The highest BCUT2D eigenvalue weighted by atomic mass is 127. The van der Waals surface area contributed by atoms with Gasteiger partial charge < -0.3 is 0 Å². The van der Waals surface area contributed by atoms with E-state index in [1.54, 1.807) is 0 Å². The van der Waals surface area contributed by atoms with Gasteiger partial charge >= 0.3 is 0 Å². The van der Waals surface area contributed by atoms with Gasteiger partial charge in [-0.2, -0.15) is 0 Å². The van der Waals surface area contributed by atoms with Crippen LogP contribution in [0.5, 0.6) is 0 Å². The van der Waals surface area contributed by atoms with E-state index in [4.69, 9.17) is 0 Å². The highest BCUT2D eigenvalue weighted by Gasteiger charge is 2.10. The molecule has 0 rings (SSSR count). The highest BCUT2D eigenvalue weighted by molar-refractivity contribution is 14.1. The number of hydrogen-bond donors (Lipinski definition) is 0. The largest absolute Gasteiger partial charge is 0.0890 e. The Morgan fingerprint density at radius 2 is 1.92 bits per heavy atom. The molecule has 0 radical (unpaired) electrons. The zero-order chi connectivity index (χ0) is 10.1. The fourth-order valence-corrected chi connectivity index (χ4v) is 5.59. The Bertz CT molecular complexity index is 109. The Labute approximate surface area is 118 Å². The van der Waals surface area contributed by atoms with Crippen LogP contribution >= 0.6 is 61.1 Å². The molecule has 0 amide bonds. The average Bonchev–Trinajstić information content (AvgIpc) is 2.05. The SMILES string of the molecule is CCCCCC(Br)CC(I)CCI. The molecule has 0 saturated heterocycles. The third-order valence-electron chi connectivity index (χ3n) is 2.05. The first-order chi connectivity index (χ1) is 6.20. The lowest BCUT2D eigenvalue weighted by Gasteiger charge is -2.13. The summed E-state index contributed by atoms with van der Waals surface area (Å²) in [5, 5.41) is 0. The smallest absolute Gasteiger partial charge is 0.0155 e. The van der Waals surface area contributed by atoms with Crippen LogP contribution in [0.2, 0.25) is 0 Å². The molecule has 0 saturated carbocycles. The maximum Gasteiger partial charge on any atom is 0.0155 e. The molecule has 0 fully saturated rings. The number of hydrogen-bond acceptors (Lipinski definition) is 0. The van der Waals surface area contributed by atoms with Gasteiger partial charge in [-0.1, -0.05) is 87.3 Å². The highest BCUT2D eigenvalue weighted by Crippen LogP contribution is 2.22. The maximum atomic E-state index is 3.77. The molecule has 13 heavy (non-hydrogen) atoms. The van der Waals surface area contributed by atoms with Crippen LogP contribution in [0.4, 0.5) is 0 Å². The van der Waals surface area contributed by atoms with Gasteiger partial charge in [0, 0.05) is 13.2 Å². The van der Waals surface area contributed by atoms with Gasteiger partial charge in [0.05, 0.1) is 0 Å². The fraction of sp³-hybridized carbons (Fsp3) is 1.00. The van der Waals surface area contributed by atoms with Crippen LogP contribution in [0.25, 0.3) is 0 Å². The van der Waals surface area contributed by atoms with Gasteiger partial charge in [0.1, 0.15) is 0 Å². The average molecular weight is 473 g/mol. The first kappa shape index (κ1) is 14.9. The summed E-state index contributed by atoms with van der Waals surface area (Å²) in [6.07, 6.45) is 8.17. The van der Waals surface area contributed by atoms with E-state index in [9.17, 15) is 0 Å². The van der Waals surface area contributed by atoms with Crippen molar-refractivity contribution in [3.05, 3.63) is 0 Å². The van der Waals surface area contributed by atoms with E-state index in [0.29, 0.717) is 0 Å². The second-order valence-corrected chi connectivity index (χ2v) is 7.54. The predicted octanol–water partition coefficient (Wildman–Crippen LogP) is 5.35. The Balaban J connectivity index is 3.32. The lowest BCUT2D eigenvalue weighted by molar-refractivity contribution is 0.618. The quantitative estimate of drug-likeness (QED) is 0.254. The van der Waals surface area contributed by atoms with Crippen molar-refractivity contribution in [2.45, 2.75) is 54.2 Å². The molecular weight excluding hydrogens is 454 g/mol. The zero-order valence-corrected chi connectivity index (χ0v) is 14.1. The van der Waals surface area contributed by atoms with Crippen molar-refractivity contribution in [1.29, 1.82) is 0 Å². The van der Waals surface area contributed by atoms with Crippen molar-refractivity contribution >= 4 is 61.1 Å². The first-order valence-electron chi connectivity index (χ1n) is 5.04. The Kier molecular flexibility index (Phi) is 12.0. The minimum absolute atomic E-state index is 0.754. The van der Waals surface area contributed by atoms with E-state index in [1.807, 2.05) is 0 Å². The minimum atomic E-state index is 0.754. The first-order valence-corrected chi connectivity index (χ1v) is 8.73. The van der Waals surface area contributed by atoms with Gasteiger partial charge in [-0.15, -0.1) is 0 Å². The molecule has 0 aromatic heterocycles. The standard InChI is InChI=1S/C10H19BrI2/c1-2-3-4-5-9(11)8-10(13)6-7-12/h9-10H,2-8H2,1H3. The normalized spacial score (nSPS) is 15.7. The molecule has 0 aliphatic heterocycles. The molecule has 0 heterocycles. The maximum absolute atomic E-state index is 3.77. The van der Waals surface area contributed by atoms with E-state index in [0.717, 1.165) is 8.75 Å². The Hall–Kier alpha value is 1.94. The van der Waals surface area contributed by atoms with Gasteiger partial charge in [0.15, 0.2) is 0 Å². The van der Waals surface area contributed by atoms with Gasteiger partial charge in [-0.25, -0.2) is 0 Å². The van der Waals surface area contributed by atoms with Crippen LogP contribution < -0.4 is 0 Å². The summed E-state index contributed by atoms with van der Waals surface area (Å²) >= 11 is 8.82. The van der Waals surface area contributed by atoms with E-state index >= 15 is 0 Å².